The molecule has 3 heteroatoms. The molecule has 0 radical (unpaired) electrons. The van der Waals surface area contributed by atoms with Gasteiger partial charge in [0.1, 0.15) is 0 Å². The van der Waals surface area contributed by atoms with Crippen LogP contribution in [0.25, 0.3) is 0 Å². The Balaban J connectivity index is 3.30. The van der Waals surface area contributed by atoms with Gasteiger partial charge in [-0.05, 0) is 38.1 Å². The van der Waals surface area contributed by atoms with Gasteiger partial charge < -0.3 is 10.0 Å². The minimum absolute atomic E-state index is 0.288. The van der Waals surface area contributed by atoms with Gasteiger partial charge in [-0.3, -0.25) is 0 Å². The Kier molecular flexibility index (Phi) is 11.6. The van der Waals surface area contributed by atoms with Crippen LogP contribution in [0.3, 0.4) is 0 Å². The SMILES string of the molecule is CCCN(CCO)CCCCCCS. The van der Waals surface area contributed by atoms with Gasteiger partial charge >= 0.3 is 0 Å². The molecule has 2 nitrogen and oxygen atoms in total. The van der Waals surface area contributed by atoms with Crippen LogP contribution in [0, 0.1) is 0 Å². The van der Waals surface area contributed by atoms with Crippen LogP contribution in [0.15, 0.2) is 0 Å². The molecule has 0 aromatic carbocycles. The maximum Gasteiger partial charge on any atom is 0.0558 e. The van der Waals surface area contributed by atoms with Gasteiger partial charge in [0.2, 0.25) is 0 Å². The van der Waals surface area contributed by atoms with Gasteiger partial charge in [0.25, 0.3) is 0 Å². The molecule has 0 rings (SSSR count). The van der Waals surface area contributed by atoms with Crippen molar-refractivity contribution in [3.63, 3.8) is 0 Å². The molecule has 0 aromatic heterocycles. The van der Waals surface area contributed by atoms with E-state index in [2.05, 4.69) is 24.5 Å². The summed E-state index contributed by atoms with van der Waals surface area (Å²) in [7, 11) is 0. The molecular formula is C11H25NOS. The second kappa shape index (κ2) is 11.3. The maximum absolute atomic E-state index is 8.85. The van der Waals surface area contributed by atoms with Gasteiger partial charge in [0.15, 0.2) is 0 Å². The fourth-order valence-electron chi connectivity index (χ4n) is 1.59. The second-order valence-corrected chi connectivity index (χ2v) is 4.15. The minimum Gasteiger partial charge on any atom is -0.395 e. The fraction of sp³-hybridized carbons (Fsp3) is 1.00. The van der Waals surface area contributed by atoms with Crippen LogP contribution < -0.4 is 0 Å². The van der Waals surface area contributed by atoms with Crippen molar-refractivity contribution in [2.75, 3.05) is 32.0 Å². The molecule has 0 aliphatic heterocycles. The summed E-state index contributed by atoms with van der Waals surface area (Å²) in [4.78, 5) is 2.35. The summed E-state index contributed by atoms with van der Waals surface area (Å²) in [6, 6.07) is 0. The van der Waals surface area contributed by atoms with Crippen molar-refractivity contribution in [3.05, 3.63) is 0 Å². The van der Waals surface area contributed by atoms with Gasteiger partial charge in [0, 0.05) is 6.54 Å². The summed E-state index contributed by atoms with van der Waals surface area (Å²) in [5.74, 6) is 1.01. The molecule has 14 heavy (non-hydrogen) atoms. The first-order valence-electron chi connectivity index (χ1n) is 5.79. The third-order valence-corrected chi connectivity index (χ3v) is 2.65. The third-order valence-electron chi connectivity index (χ3n) is 2.34. The molecular weight excluding hydrogens is 194 g/mol. The summed E-state index contributed by atoms with van der Waals surface area (Å²) in [6.07, 6.45) is 6.26. The van der Waals surface area contributed by atoms with Crippen molar-refractivity contribution in [2.24, 2.45) is 0 Å². The van der Waals surface area contributed by atoms with Crippen LogP contribution in [-0.2, 0) is 0 Å². The van der Waals surface area contributed by atoms with Crippen LogP contribution >= 0.6 is 12.6 Å². The molecule has 0 bridgehead atoms. The van der Waals surface area contributed by atoms with Gasteiger partial charge in [-0.1, -0.05) is 19.8 Å². The van der Waals surface area contributed by atoms with E-state index in [9.17, 15) is 0 Å². The van der Waals surface area contributed by atoms with E-state index < -0.39 is 0 Å². The second-order valence-electron chi connectivity index (χ2n) is 3.70. The van der Waals surface area contributed by atoms with Gasteiger partial charge in [-0.15, -0.1) is 0 Å². The lowest BCUT2D eigenvalue weighted by Gasteiger charge is -2.20. The average molecular weight is 219 g/mol. The molecule has 0 saturated heterocycles. The van der Waals surface area contributed by atoms with E-state index >= 15 is 0 Å². The highest BCUT2D eigenvalue weighted by molar-refractivity contribution is 7.80. The zero-order valence-corrected chi connectivity index (χ0v) is 10.3. The van der Waals surface area contributed by atoms with E-state index in [0.29, 0.717) is 0 Å². The van der Waals surface area contributed by atoms with E-state index in [1.165, 1.54) is 32.1 Å². The first-order valence-corrected chi connectivity index (χ1v) is 6.42. The molecule has 1 N–H and O–H groups in total. The van der Waals surface area contributed by atoms with E-state index in [-0.39, 0.29) is 6.61 Å². The van der Waals surface area contributed by atoms with Crippen molar-refractivity contribution in [3.8, 4) is 0 Å². The lowest BCUT2D eigenvalue weighted by atomic mass is 10.2. The predicted molar refractivity (Wildman–Crippen MR) is 66.1 cm³/mol. The van der Waals surface area contributed by atoms with Crippen LogP contribution in [0.2, 0.25) is 0 Å². The smallest absolute Gasteiger partial charge is 0.0558 e. The number of unbranched alkanes of at least 4 members (excludes halogenated alkanes) is 3. The molecule has 0 aliphatic carbocycles. The minimum atomic E-state index is 0.288. The molecule has 0 amide bonds. The van der Waals surface area contributed by atoms with Crippen molar-refractivity contribution < 1.29 is 5.11 Å². The Morgan fingerprint density at radius 3 is 2.29 bits per heavy atom. The molecule has 0 aliphatic rings. The molecule has 0 spiro atoms. The quantitative estimate of drug-likeness (QED) is 0.434. The Hall–Kier alpha value is 0.270. The van der Waals surface area contributed by atoms with Crippen molar-refractivity contribution >= 4 is 12.6 Å². The predicted octanol–water partition coefficient (Wildman–Crippen LogP) is 2.18. The zero-order valence-electron chi connectivity index (χ0n) is 9.41. The molecule has 0 unspecified atom stereocenters. The molecule has 0 aromatic rings. The Labute approximate surface area is 94.1 Å². The highest BCUT2D eigenvalue weighted by Gasteiger charge is 2.01. The Morgan fingerprint density at radius 2 is 1.71 bits per heavy atom. The van der Waals surface area contributed by atoms with Crippen LogP contribution in [0.5, 0.6) is 0 Å². The maximum atomic E-state index is 8.85. The van der Waals surface area contributed by atoms with Gasteiger partial charge in [-0.2, -0.15) is 12.6 Å². The lowest BCUT2D eigenvalue weighted by Crippen LogP contribution is -2.28. The summed E-state index contributed by atoms with van der Waals surface area (Å²) in [6.45, 7) is 5.57. The highest BCUT2D eigenvalue weighted by atomic mass is 32.1. The molecule has 0 heterocycles. The largest absolute Gasteiger partial charge is 0.395 e. The average Bonchev–Trinajstić information content (AvgIpc) is 2.18. The topological polar surface area (TPSA) is 23.5 Å². The number of hydrogen-bond donors (Lipinski definition) is 2. The number of thiol groups is 1. The first-order chi connectivity index (χ1) is 6.85. The zero-order chi connectivity index (χ0) is 10.6. The third kappa shape index (κ3) is 8.85. The van der Waals surface area contributed by atoms with E-state index in [1.54, 1.807) is 0 Å². The van der Waals surface area contributed by atoms with E-state index in [0.717, 1.165) is 25.4 Å². The normalized spacial score (nSPS) is 11.1. The number of aliphatic hydroxyl groups is 1. The number of nitrogens with zero attached hydrogens (tertiary/aromatic N) is 1. The van der Waals surface area contributed by atoms with Crippen LogP contribution in [-0.4, -0.2) is 42.0 Å². The standard InChI is InChI=1S/C11H25NOS/c1-2-7-12(9-10-13)8-5-3-4-6-11-14/h13-14H,2-11H2,1H3. The highest BCUT2D eigenvalue weighted by Crippen LogP contribution is 2.03. The molecule has 0 atom stereocenters. The summed E-state index contributed by atoms with van der Waals surface area (Å²) >= 11 is 4.19. The monoisotopic (exact) mass is 219 g/mol. The van der Waals surface area contributed by atoms with Crippen LogP contribution in [0.1, 0.15) is 39.0 Å². The van der Waals surface area contributed by atoms with Gasteiger partial charge in [-0.25, -0.2) is 0 Å². The summed E-state index contributed by atoms with van der Waals surface area (Å²) < 4.78 is 0. The van der Waals surface area contributed by atoms with Crippen molar-refractivity contribution in [1.29, 1.82) is 0 Å². The number of hydrogen-bond acceptors (Lipinski definition) is 3. The van der Waals surface area contributed by atoms with Gasteiger partial charge in [0.05, 0.1) is 6.61 Å². The lowest BCUT2D eigenvalue weighted by molar-refractivity contribution is 0.193. The number of rotatable bonds is 10. The molecule has 0 saturated carbocycles. The van der Waals surface area contributed by atoms with Crippen molar-refractivity contribution in [1.82, 2.24) is 4.90 Å². The Bertz CT molecular complexity index is 105. The van der Waals surface area contributed by atoms with E-state index in [4.69, 9.17) is 5.11 Å². The molecule has 86 valence electrons. The fourth-order valence-corrected chi connectivity index (χ4v) is 1.82. The van der Waals surface area contributed by atoms with Crippen molar-refractivity contribution in [2.45, 2.75) is 39.0 Å². The van der Waals surface area contributed by atoms with Crippen LogP contribution in [0.4, 0.5) is 0 Å². The van der Waals surface area contributed by atoms with E-state index in [1.807, 2.05) is 0 Å². The number of aliphatic hydroxyl groups excluding tert-OH is 1. The Morgan fingerprint density at radius 1 is 1.00 bits per heavy atom. The first kappa shape index (κ1) is 14.3. The summed E-state index contributed by atoms with van der Waals surface area (Å²) in [5.41, 5.74) is 0. The summed E-state index contributed by atoms with van der Waals surface area (Å²) in [5, 5.41) is 8.85. The molecule has 0 fully saturated rings.